The Morgan fingerprint density at radius 1 is 1.20 bits per heavy atom. The highest BCUT2D eigenvalue weighted by Crippen LogP contribution is 2.32. The van der Waals surface area contributed by atoms with Crippen molar-refractivity contribution in [1.29, 1.82) is 0 Å². The molecule has 1 rings (SSSR count). The number of rotatable bonds is 6. The molecule has 6 heteroatoms. The van der Waals surface area contributed by atoms with Crippen molar-refractivity contribution in [1.82, 2.24) is 5.32 Å². The molecule has 0 heterocycles. The van der Waals surface area contributed by atoms with E-state index >= 15 is 0 Å². The van der Waals surface area contributed by atoms with E-state index in [1.165, 1.54) is 21.0 Å². The molecule has 0 bridgehead atoms. The number of amides is 2. The minimum atomic E-state index is -0.129. The molecule has 0 radical (unpaired) electrons. The van der Waals surface area contributed by atoms with Crippen LogP contribution in [0.25, 0.3) is 0 Å². The van der Waals surface area contributed by atoms with E-state index in [1.54, 1.807) is 30.2 Å². The molecule has 0 aromatic heterocycles. The van der Waals surface area contributed by atoms with Gasteiger partial charge >= 0.3 is 0 Å². The van der Waals surface area contributed by atoms with Gasteiger partial charge in [-0.1, -0.05) is 0 Å². The quantitative estimate of drug-likeness (QED) is 0.850. The van der Waals surface area contributed by atoms with E-state index in [0.717, 1.165) is 0 Å². The van der Waals surface area contributed by atoms with Gasteiger partial charge in [-0.15, -0.1) is 0 Å². The van der Waals surface area contributed by atoms with Crippen LogP contribution in [0.3, 0.4) is 0 Å². The van der Waals surface area contributed by atoms with Crippen molar-refractivity contribution < 1.29 is 19.1 Å². The molecule has 1 N–H and O–H groups in total. The summed E-state index contributed by atoms with van der Waals surface area (Å²) in [6.45, 7) is 3.66. The van der Waals surface area contributed by atoms with E-state index in [-0.39, 0.29) is 11.8 Å². The molecule has 0 spiro atoms. The third-order valence-corrected chi connectivity index (χ3v) is 2.77. The molecular weight excluding hydrogens is 260 g/mol. The minimum absolute atomic E-state index is 0.126. The van der Waals surface area contributed by atoms with Crippen LogP contribution in [-0.4, -0.2) is 39.1 Å². The van der Waals surface area contributed by atoms with Gasteiger partial charge in [-0.3, -0.25) is 9.59 Å². The summed E-state index contributed by atoms with van der Waals surface area (Å²) in [5.41, 5.74) is 0.645. The van der Waals surface area contributed by atoms with Crippen molar-refractivity contribution in [2.75, 3.05) is 32.2 Å². The second-order valence-corrected chi connectivity index (χ2v) is 4.19. The van der Waals surface area contributed by atoms with Crippen LogP contribution >= 0.6 is 0 Å². The number of hydrogen-bond acceptors (Lipinski definition) is 4. The Kier molecular flexibility index (Phi) is 5.83. The van der Waals surface area contributed by atoms with Crippen molar-refractivity contribution in [3.05, 3.63) is 18.2 Å². The Bertz CT molecular complexity index is 488. The van der Waals surface area contributed by atoms with Crippen LogP contribution in [0.4, 0.5) is 5.69 Å². The van der Waals surface area contributed by atoms with Crippen molar-refractivity contribution >= 4 is 17.5 Å². The number of carbonyl (C=O) groups is 2. The van der Waals surface area contributed by atoms with Gasteiger partial charge in [-0.25, -0.2) is 0 Å². The maximum atomic E-state index is 11.8. The lowest BCUT2D eigenvalue weighted by Crippen LogP contribution is -2.37. The molecule has 2 amide bonds. The molecule has 0 aliphatic carbocycles. The summed E-state index contributed by atoms with van der Waals surface area (Å²) in [4.78, 5) is 24.2. The number of carbonyl (C=O) groups excluding carboxylic acids is 2. The number of methoxy groups -OCH3 is 2. The number of benzene rings is 1. The second kappa shape index (κ2) is 7.37. The number of hydrogen-bond donors (Lipinski definition) is 1. The number of anilines is 1. The van der Waals surface area contributed by atoms with Crippen molar-refractivity contribution in [2.24, 2.45) is 0 Å². The molecule has 6 nitrogen and oxygen atoms in total. The van der Waals surface area contributed by atoms with Crippen LogP contribution in [-0.2, 0) is 9.59 Å². The third-order valence-electron chi connectivity index (χ3n) is 2.77. The van der Waals surface area contributed by atoms with Gasteiger partial charge in [0.25, 0.3) is 0 Å². The summed E-state index contributed by atoms with van der Waals surface area (Å²) < 4.78 is 10.4. The Hall–Kier alpha value is -2.24. The van der Waals surface area contributed by atoms with Crippen LogP contribution < -0.4 is 19.7 Å². The highest BCUT2D eigenvalue weighted by molar-refractivity contribution is 5.93. The molecule has 1 aromatic rings. The van der Waals surface area contributed by atoms with Crippen LogP contribution in [0.2, 0.25) is 0 Å². The average molecular weight is 280 g/mol. The summed E-state index contributed by atoms with van der Waals surface area (Å²) in [5, 5.41) is 2.66. The Morgan fingerprint density at radius 2 is 1.90 bits per heavy atom. The summed E-state index contributed by atoms with van der Waals surface area (Å²) in [5.74, 6) is 0.937. The predicted molar refractivity (Wildman–Crippen MR) is 76.3 cm³/mol. The second-order valence-electron chi connectivity index (χ2n) is 4.19. The van der Waals surface area contributed by atoms with Gasteiger partial charge in [0.2, 0.25) is 11.8 Å². The fraction of sp³-hybridized carbons (Fsp3) is 0.429. The summed E-state index contributed by atoms with van der Waals surface area (Å²) in [6, 6.07) is 5.22. The number of ether oxygens (including phenoxy) is 2. The van der Waals surface area contributed by atoms with E-state index in [2.05, 4.69) is 5.32 Å². The molecular formula is C14H20N2O4. The van der Waals surface area contributed by atoms with Gasteiger partial charge in [0.1, 0.15) is 11.5 Å². The van der Waals surface area contributed by atoms with Gasteiger partial charge in [0, 0.05) is 33.0 Å². The van der Waals surface area contributed by atoms with Gasteiger partial charge in [0.05, 0.1) is 19.9 Å². The summed E-state index contributed by atoms with van der Waals surface area (Å²) in [7, 11) is 3.10. The van der Waals surface area contributed by atoms with Crippen molar-refractivity contribution in [2.45, 2.75) is 13.8 Å². The Labute approximate surface area is 118 Å². The van der Waals surface area contributed by atoms with Crippen LogP contribution in [0.5, 0.6) is 11.5 Å². The lowest BCUT2D eigenvalue weighted by atomic mass is 10.2. The lowest BCUT2D eigenvalue weighted by molar-refractivity contribution is -0.119. The highest BCUT2D eigenvalue weighted by atomic mass is 16.5. The zero-order valence-corrected chi connectivity index (χ0v) is 12.2. The largest absolute Gasteiger partial charge is 0.497 e. The zero-order chi connectivity index (χ0) is 15.1. The minimum Gasteiger partial charge on any atom is -0.497 e. The summed E-state index contributed by atoms with van der Waals surface area (Å²) >= 11 is 0. The molecule has 0 saturated heterocycles. The zero-order valence-electron chi connectivity index (χ0n) is 12.2. The van der Waals surface area contributed by atoms with Gasteiger partial charge in [-0.2, -0.15) is 0 Å². The van der Waals surface area contributed by atoms with Crippen LogP contribution in [0.15, 0.2) is 18.2 Å². The van der Waals surface area contributed by atoms with Gasteiger partial charge in [-0.05, 0) is 12.1 Å². The van der Waals surface area contributed by atoms with E-state index < -0.39 is 0 Å². The first-order valence-electron chi connectivity index (χ1n) is 6.24. The van der Waals surface area contributed by atoms with E-state index in [9.17, 15) is 9.59 Å². The highest BCUT2D eigenvalue weighted by Gasteiger charge is 2.16. The maximum Gasteiger partial charge on any atom is 0.224 e. The molecule has 0 unspecified atom stereocenters. The SMILES string of the molecule is COc1ccc(N(CCNC(C)=O)C(C)=O)c(OC)c1. The van der Waals surface area contributed by atoms with E-state index in [0.29, 0.717) is 30.3 Å². The van der Waals surface area contributed by atoms with Crippen molar-refractivity contribution in [3.8, 4) is 11.5 Å². The Balaban J connectivity index is 2.96. The monoisotopic (exact) mass is 280 g/mol. The molecule has 0 saturated carbocycles. The molecule has 0 atom stereocenters. The average Bonchev–Trinajstić information content (AvgIpc) is 2.42. The number of nitrogens with one attached hydrogen (secondary N) is 1. The van der Waals surface area contributed by atoms with E-state index in [4.69, 9.17) is 9.47 Å². The Morgan fingerprint density at radius 3 is 2.40 bits per heavy atom. The first-order valence-corrected chi connectivity index (χ1v) is 6.24. The first-order chi connectivity index (χ1) is 9.49. The topological polar surface area (TPSA) is 67.9 Å². The number of nitrogens with zero attached hydrogens (tertiary/aromatic N) is 1. The van der Waals surface area contributed by atoms with E-state index in [1.807, 2.05) is 0 Å². The van der Waals surface area contributed by atoms with Crippen LogP contribution in [0.1, 0.15) is 13.8 Å². The third kappa shape index (κ3) is 4.15. The normalized spacial score (nSPS) is 9.80. The fourth-order valence-corrected chi connectivity index (χ4v) is 1.80. The van der Waals surface area contributed by atoms with Crippen LogP contribution in [0, 0.1) is 0 Å². The maximum absolute atomic E-state index is 11.8. The van der Waals surface area contributed by atoms with Crippen molar-refractivity contribution in [3.63, 3.8) is 0 Å². The smallest absolute Gasteiger partial charge is 0.224 e. The molecule has 110 valence electrons. The van der Waals surface area contributed by atoms with Gasteiger partial charge in [0.15, 0.2) is 0 Å². The lowest BCUT2D eigenvalue weighted by Gasteiger charge is -2.23. The summed E-state index contributed by atoms with van der Waals surface area (Å²) in [6.07, 6.45) is 0. The molecule has 20 heavy (non-hydrogen) atoms. The molecule has 0 aliphatic rings. The molecule has 0 fully saturated rings. The standard InChI is InChI=1S/C14H20N2O4/c1-10(17)15-7-8-16(11(2)18)13-6-5-12(19-3)9-14(13)20-4/h5-6,9H,7-8H2,1-4H3,(H,15,17). The van der Waals surface area contributed by atoms with Gasteiger partial charge < -0.3 is 19.7 Å². The fourth-order valence-electron chi connectivity index (χ4n) is 1.80. The molecule has 1 aromatic carbocycles. The first kappa shape index (κ1) is 15.8. The molecule has 0 aliphatic heterocycles. The predicted octanol–water partition coefficient (Wildman–Crippen LogP) is 1.19.